The maximum absolute atomic E-state index is 3.81. The van der Waals surface area contributed by atoms with Gasteiger partial charge in [-0.3, -0.25) is 0 Å². The van der Waals surface area contributed by atoms with Crippen LogP contribution in [0.5, 0.6) is 0 Å². The van der Waals surface area contributed by atoms with Crippen LogP contribution in [-0.4, -0.2) is 0 Å². The predicted octanol–water partition coefficient (Wildman–Crippen LogP) is 3.98. The van der Waals surface area contributed by atoms with Gasteiger partial charge in [0.25, 0.3) is 0 Å². The van der Waals surface area contributed by atoms with E-state index in [9.17, 15) is 0 Å². The second-order valence-corrected chi connectivity index (χ2v) is 4.12. The summed E-state index contributed by atoms with van der Waals surface area (Å²) in [7, 11) is 0. The third-order valence-corrected chi connectivity index (χ3v) is 1.49. The van der Waals surface area contributed by atoms with Crippen molar-refractivity contribution in [3.63, 3.8) is 0 Å². The van der Waals surface area contributed by atoms with Crippen LogP contribution in [0.25, 0.3) is 0 Å². The minimum atomic E-state index is 0.352. The van der Waals surface area contributed by atoms with Gasteiger partial charge in [-0.1, -0.05) is 52.7 Å². The van der Waals surface area contributed by atoms with Crippen molar-refractivity contribution in [2.24, 2.45) is 5.41 Å². The number of rotatable bonds is 4. The van der Waals surface area contributed by atoms with E-state index in [2.05, 4.69) is 39.8 Å². The van der Waals surface area contributed by atoms with Crippen LogP contribution < -0.4 is 0 Å². The fourth-order valence-corrected chi connectivity index (χ4v) is 0.876. The van der Waals surface area contributed by atoms with Crippen LogP contribution >= 0.6 is 0 Å². The third kappa shape index (κ3) is 9.74. The highest BCUT2D eigenvalue weighted by molar-refractivity contribution is 4.91. The Hall–Kier alpha value is -0.260. The van der Waals surface area contributed by atoms with Crippen LogP contribution in [0.3, 0.4) is 0 Å². The van der Waals surface area contributed by atoms with Crippen molar-refractivity contribution in [1.82, 2.24) is 0 Å². The third-order valence-electron chi connectivity index (χ3n) is 1.49. The Morgan fingerprint density at radius 1 is 1.18 bits per heavy atom. The zero-order valence-corrected chi connectivity index (χ0v) is 8.19. The van der Waals surface area contributed by atoms with Crippen molar-refractivity contribution in [2.75, 3.05) is 0 Å². The molecule has 0 saturated carbocycles. The zero-order valence-electron chi connectivity index (χ0n) is 8.19. The van der Waals surface area contributed by atoms with Crippen LogP contribution in [0.15, 0.2) is 12.2 Å². The van der Waals surface area contributed by atoms with Crippen molar-refractivity contribution in [2.45, 2.75) is 46.5 Å². The molecular weight excluding hydrogens is 132 g/mol. The summed E-state index contributed by atoms with van der Waals surface area (Å²) in [6.45, 7) is 10.5. The molecule has 0 amide bonds. The lowest BCUT2D eigenvalue weighted by Crippen LogP contribution is -1.97. The first-order valence-corrected chi connectivity index (χ1v) is 4.53. The second-order valence-electron chi connectivity index (χ2n) is 4.12. The molecule has 0 fully saturated rings. The van der Waals surface area contributed by atoms with Gasteiger partial charge in [0.2, 0.25) is 0 Å². The van der Waals surface area contributed by atoms with Gasteiger partial charge in [0.15, 0.2) is 0 Å². The Bertz CT molecular complexity index is 104. The monoisotopic (exact) mass is 153 g/mol. The summed E-state index contributed by atoms with van der Waals surface area (Å²) in [5.74, 6) is 0. The average Bonchev–Trinajstić information content (AvgIpc) is 1.85. The van der Waals surface area contributed by atoms with Gasteiger partial charge in [-0.15, -0.1) is 0 Å². The molecule has 0 aliphatic carbocycles. The molecule has 0 spiro atoms. The van der Waals surface area contributed by atoms with Gasteiger partial charge < -0.3 is 0 Å². The maximum Gasteiger partial charge on any atom is -0.0203 e. The van der Waals surface area contributed by atoms with E-state index in [0.717, 1.165) is 6.42 Å². The minimum Gasteiger partial charge on any atom is -0.0880 e. The first-order valence-electron chi connectivity index (χ1n) is 4.53. The first kappa shape index (κ1) is 10.7. The van der Waals surface area contributed by atoms with Crippen LogP contribution in [0.2, 0.25) is 0 Å². The Labute approximate surface area is 71.7 Å². The highest BCUT2D eigenvalue weighted by Gasteiger charge is 2.02. The molecule has 0 aromatic rings. The van der Waals surface area contributed by atoms with Crippen molar-refractivity contribution < 1.29 is 0 Å². The zero-order chi connectivity index (χ0) is 8.74. The van der Waals surface area contributed by atoms with Gasteiger partial charge in [0, 0.05) is 0 Å². The molecule has 0 aromatic heterocycles. The fourth-order valence-electron chi connectivity index (χ4n) is 0.876. The van der Waals surface area contributed by atoms with Crippen molar-refractivity contribution >= 4 is 0 Å². The van der Waals surface area contributed by atoms with Crippen LogP contribution in [-0.2, 0) is 0 Å². The van der Waals surface area contributed by atoms with E-state index in [1.54, 1.807) is 0 Å². The lowest BCUT2D eigenvalue weighted by Gasteiger charge is -2.10. The Morgan fingerprint density at radius 2 is 1.82 bits per heavy atom. The van der Waals surface area contributed by atoms with Gasteiger partial charge in [-0.05, 0) is 18.3 Å². The summed E-state index contributed by atoms with van der Waals surface area (Å²) < 4.78 is 0. The molecule has 0 heteroatoms. The summed E-state index contributed by atoms with van der Waals surface area (Å²) >= 11 is 0. The molecule has 0 rings (SSSR count). The van der Waals surface area contributed by atoms with E-state index in [4.69, 9.17) is 0 Å². The standard InChI is InChI=1S/C11H21/c1-5-6-7-8-9-10-11(2,3)4/h9-10H,1,5-8H2,2-4H3. The molecule has 0 saturated heterocycles. The van der Waals surface area contributed by atoms with E-state index in [-0.39, 0.29) is 0 Å². The van der Waals surface area contributed by atoms with E-state index < -0.39 is 0 Å². The quantitative estimate of drug-likeness (QED) is 0.423. The molecule has 0 atom stereocenters. The molecule has 65 valence electrons. The molecule has 0 unspecified atom stereocenters. The summed E-state index contributed by atoms with van der Waals surface area (Å²) in [5.41, 5.74) is 0.352. The fraction of sp³-hybridized carbons (Fsp3) is 0.727. The second kappa shape index (κ2) is 5.40. The normalized spacial score (nSPS) is 12.7. The topological polar surface area (TPSA) is 0 Å². The largest absolute Gasteiger partial charge is 0.0880 e. The Kier molecular flexibility index (Phi) is 5.27. The van der Waals surface area contributed by atoms with E-state index in [0.29, 0.717) is 5.41 Å². The molecule has 0 heterocycles. The molecule has 0 aliphatic rings. The van der Waals surface area contributed by atoms with E-state index in [1.165, 1.54) is 19.3 Å². The van der Waals surface area contributed by atoms with Gasteiger partial charge in [0.05, 0.1) is 0 Å². The smallest absolute Gasteiger partial charge is 0.0203 e. The molecule has 0 nitrogen and oxygen atoms in total. The SMILES string of the molecule is [CH2]CCCCC=CC(C)(C)C. The first-order chi connectivity index (χ1) is 5.06. The summed E-state index contributed by atoms with van der Waals surface area (Å²) in [6, 6.07) is 0. The molecule has 1 radical (unpaired) electrons. The minimum absolute atomic E-state index is 0.352. The lowest BCUT2D eigenvalue weighted by atomic mass is 9.96. The number of hydrogen-bond donors (Lipinski definition) is 0. The van der Waals surface area contributed by atoms with Gasteiger partial charge in [0.1, 0.15) is 0 Å². The highest BCUT2D eigenvalue weighted by atomic mass is 14.1. The predicted molar refractivity (Wildman–Crippen MR) is 52.4 cm³/mol. The molecule has 11 heavy (non-hydrogen) atoms. The molecule has 0 bridgehead atoms. The van der Waals surface area contributed by atoms with Gasteiger partial charge >= 0.3 is 0 Å². The van der Waals surface area contributed by atoms with Crippen LogP contribution in [0, 0.1) is 12.3 Å². The summed E-state index contributed by atoms with van der Waals surface area (Å²) in [6.07, 6.45) is 9.41. The van der Waals surface area contributed by atoms with E-state index in [1.807, 2.05) is 0 Å². The Balaban J connectivity index is 3.30. The number of allylic oxidation sites excluding steroid dienone is 2. The summed E-state index contributed by atoms with van der Waals surface area (Å²) in [5, 5.41) is 0. The van der Waals surface area contributed by atoms with Crippen molar-refractivity contribution in [3.05, 3.63) is 19.1 Å². The lowest BCUT2D eigenvalue weighted by molar-refractivity contribution is 0.541. The summed E-state index contributed by atoms with van der Waals surface area (Å²) in [4.78, 5) is 0. The van der Waals surface area contributed by atoms with E-state index >= 15 is 0 Å². The Morgan fingerprint density at radius 3 is 2.27 bits per heavy atom. The van der Waals surface area contributed by atoms with Gasteiger partial charge in [-0.2, -0.15) is 0 Å². The maximum atomic E-state index is 3.81. The number of hydrogen-bond acceptors (Lipinski definition) is 0. The molecule has 0 N–H and O–H groups in total. The molecule has 0 aromatic carbocycles. The van der Waals surface area contributed by atoms with Crippen LogP contribution in [0.4, 0.5) is 0 Å². The molecular formula is C11H21. The number of unbranched alkanes of at least 4 members (excludes halogenated alkanes) is 3. The average molecular weight is 153 g/mol. The molecule has 0 aliphatic heterocycles. The van der Waals surface area contributed by atoms with Crippen LogP contribution in [0.1, 0.15) is 46.5 Å². The van der Waals surface area contributed by atoms with Gasteiger partial charge in [-0.25, -0.2) is 0 Å². The highest BCUT2D eigenvalue weighted by Crippen LogP contribution is 2.15. The van der Waals surface area contributed by atoms with Crippen molar-refractivity contribution in [1.29, 1.82) is 0 Å². The van der Waals surface area contributed by atoms with Crippen molar-refractivity contribution in [3.8, 4) is 0 Å².